The number of carbonyl (C=O) groups is 1. The lowest BCUT2D eigenvalue weighted by atomic mass is 9.88. The van der Waals surface area contributed by atoms with Crippen molar-refractivity contribution in [3.8, 4) is 0 Å². The van der Waals surface area contributed by atoms with Crippen molar-refractivity contribution in [2.24, 2.45) is 16.6 Å². The largest absolute Gasteiger partial charge is 0.387 e. The average Bonchev–Trinajstić information content (AvgIpc) is 2.30. The number of carbonyl (C=O) groups excluding carboxylic acids is 1. The summed E-state index contributed by atoms with van der Waals surface area (Å²) in [5.74, 6) is 1.02. The standard InChI is InChI=1S/C12H23N3O/c1-3-14-12(16)9(2)15-11(13)10-7-5-4-6-8-10/h9-10H,3-8H2,1-2H3,(H2,13,15)(H,14,16). The van der Waals surface area contributed by atoms with Gasteiger partial charge in [0.05, 0.1) is 5.84 Å². The van der Waals surface area contributed by atoms with Crippen LogP contribution in [0.4, 0.5) is 0 Å². The molecule has 92 valence electrons. The van der Waals surface area contributed by atoms with Crippen LogP contribution in [0.5, 0.6) is 0 Å². The molecule has 0 saturated heterocycles. The predicted octanol–water partition coefficient (Wildman–Crippen LogP) is 1.45. The van der Waals surface area contributed by atoms with Crippen molar-refractivity contribution in [3.05, 3.63) is 0 Å². The first-order chi connectivity index (χ1) is 7.65. The molecule has 1 fully saturated rings. The van der Waals surface area contributed by atoms with Crippen molar-refractivity contribution in [2.75, 3.05) is 6.54 Å². The summed E-state index contributed by atoms with van der Waals surface area (Å²) in [6.45, 7) is 4.33. The molecule has 0 radical (unpaired) electrons. The molecule has 0 aromatic rings. The van der Waals surface area contributed by atoms with Gasteiger partial charge in [0.15, 0.2) is 0 Å². The van der Waals surface area contributed by atoms with Gasteiger partial charge >= 0.3 is 0 Å². The van der Waals surface area contributed by atoms with Crippen molar-refractivity contribution in [1.29, 1.82) is 0 Å². The number of likely N-dealkylation sites (N-methyl/N-ethyl adjacent to an activating group) is 1. The molecule has 1 rings (SSSR count). The SMILES string of the molecule is CCNC(=O)C(C)N=C(N)C1CCCCC1. The lowest BCUT2D eigenvalue weighted by Gasteiger charge is -2.21. The van der Waals surface area contributed by atoms with E-state index in [1.807, 2.05) is 6.92 Å². The third kappa shape index (κ3) is 3.83. The van der Waals surface area contributed by atoms with Crippen LogP contribution in [0, 0.1) is 5.92 Å². The van der Waals surface area contributed by atoms with Gasteiger partial charge in [0.1, 0.15) is 6.04 Å². The van der Waals surface area contributed by atoms with Crippen LogP contribution in [0.1, 0.15) is 46.0 Å². The summed E-state index contributed by atoms with van der Waals surface area (Å²) in [5.41, 5.74) is 5.95. The van der Waals surface area contributed by atoms with Gasteiger partial charge < -0.3 is 11.1 Å². The van der Waals surface area contributed by atoms with Gasteiger partial charge in [0.2, 0.25) is 5.91 Å². The van der Waals surface area contributed by atoms with Gasteiger partial charge in [-0.2, -0.15) is 0 Å². The van der Waals surface area contributed by atoms with Gasteiger partial charge in [-0.1, -0.05) is 19.3 Å². The Morgan fingerprint density at radius 3 is 2.62 bits per heavy atom. The quantitative estimate of drug-likeness (QED) is 0.561. The zero-order valence-electron chi connectivity index (χ0n) is 10.3. The minimum absolute atomic E-state index is 0.0405. The van der Waals surface area contributed by atoms with Crippen LogP contribution in [-0.2, 0) is 4.79 Å². The van der Waals surface area contributed by atoms with Crippen molar-refractivity contribution in [2.45, 2.75) is 52.0 Å². The van der Waals surface area contributed by atoms with E-state index in [9.17, 15) is 4.79 Å². The maximum atomic E-state index is 11.5. The molecule has 1 aliphatic carbocycles. The van der Waals surface area contributed by atoms with E-state index in [1.165, 1.54) is 19.3 Å². The number of nitrogens with one attached hydrogen (secondary N) is 1. The highest BCUT2D eigenvalue weighted by Gasteiger charge is 2.19. The van der Waals surface area contributed by atoms with Gasteiger partial charge in [-0.3, -0.25) is 9.79 Å². The molecule has 0 bridgehead atoms. The molecule has 1 unspecified atom stereocenters. The summed E-state index contributed by atoms with van der Waals surface area (Å²) in [6.07, 6.45) is 6.01. The van der Waals surface area contributed by atoms with Gasteiger partial charge in [-0.15, -0.1) is 0 Å². The fourth-order valence-electron chi connectivity index (χ4n) is 2.11. The molecule has 16 heavy (non-hydrogen) atoms. The number of amidine groups is 1. The van der Waals surface area contributed by atoms with Crippen LogP contribution in [0.25, 0.3) is 0 Å². The average molecular weight is 225 g/mol. The normalized spacial score (nSPS) is 20.5. The third-order valence-corrected chi connectivity index (χ3v) is 3.10. The van der Waals surface area contributed by atoms with E-state index in [2.05, 4.69) is 10.3 Å². The van der Waals surface area contributed by atoms with Crippen molar-refractivity contribution >= 4 is 11.7 Å². The highest BCUT2D eigenvalue weighted by molar-refractivity contribution is 5.88. The zero-order valence-corrected chi connectivity index (χ0v) is 10.3. The van der Waals surface area contributed by atoms with Crippen LogP contribution < -0.4 is 11.1 Å². The van der Waals surface area contributed by atoms with E-state index in [-0.39, 0.29) is 11.9 Å². The van der Waals surface area contributed by atoms with Crippen LogP contribution in [0.3, 0.4) is 0 Å². The van der Waals surface area contributed by atoms with Gasteiger partial charge in [0, 0.05) is 12.5 Å². The van der Waals surface area contributed by atoms with Gasteiger partial charge in [-0.25, -0.2) is 0 Å². The first kappa shape index (κ1) is 13.0. The molecular formula is C12H23N3O. The van der Waals surface area contributed by atoms with Crippen LogP contribution >= 0.6 is 0 Å². The molecule has 1 aliphatic rings. The second-order valence-electron chi connectivity index (χ2n) is 4.46. The maximum Gasteiger partial charge on any atom is 0.244 e. The molecule has 4 heteroatoms. The highest BCUT2D eigenvalue weighted by Crippen LogP contribution is 2.23. The lowest BCUT2D eigenvalue weighted by Crippen LogP contribution is -2.34. The highest BCUT2D eigenvalue weighted by atomic mass is 16.2. The Bertz CT molecular complexity index is 257. The van der Waals surface area contributed by atoms with Crippen LogP contribution in [0.2, 0.25) is 0 Å². The molecule has 3 N–H and O–H groups in total. The second kappa shape index (κ2) is 6.51. The molecule has 0 aliphatic heterocycles. The number of hydrogen-bond acceptors (Lipinski definition) is 2. The number of nitrogens with two attached hydrogens (primary N) is 1. The molecule has 0 heterocycles. The summed E-state index contributed by atoms with van der Waals surface area (Å²) < 4.78 is 0. The monoisotopic (exact) mass is 225 g/mol. The maximum absolute atomic E-state index is 11.5. The topological polar surface area (TPSA) is 67.5 Å². The first-order valence-corrected chi connectivity index (χ1v) is 6.26. The van der Waals surface area contributed by atoms with E-state index in [0.717, 1.165) is 12.8 Å². The molecule has 4 nitrogen and oxygen atoms in total. The third-order valence-electron chi connectivity index (χ3n) is 3.10. The van der Waals surface area contributed by atoms with Gasteiger partial charge in [-0.05, 0) is 26.7 Å². The van der Waals surface area contributed by atoms with Crippen molar-refractivity contribution < 1.29 is 4.79 Å². The van der Waals surface area contributed by atoms with E-state index in [1.54, 1.807) is 6.92 Å². The Hall–Kier alpha value is -1.06. The summed E-state index contributed by atoms with van der Waals surface area (Å²) in [4.78, 5) is 15.8. The van der Waals surface area contributed by atoms with Crippen LogP contribution in [0.15, 0.2) is 4.99 Å². The number of hydrogen-bond donors (Lipinski definition) is 2. The number of nitrogens with zero attached hydrogens (tertiary/aromatic N) is 1. The Balaban J connectivity index is 2.50. The van der Waals surface area contributed by atoms with Crippen molar-refractivity contribution in [3.63, 3.8) is 0 Å². The fourth-order valence-corrected chi connectivity index (χ4v) is 2.11. The smallest absolute Gasteiger partial charge is 0.244 e. The minimum Gasteiger partial charge on any atom is -0.387 e. The second-order valence-corrected chi connectivity index (χ2v) is 4.46. The zero-order chi connectivity index (χ0) is 12.0. The van der Waals surface area contributed by atoms with Gasteiger partial charge in [0.25, 0.3) is 0 Å². The molecule has 1 atom stereocenters. The Morgan fingerprint density at radius 1 is 1.44 bits per heavy atom. The Kier molecular flexibility index (Phi) is 5.29. The molecular weight excluding hydrogens is 202 g/mol. The van der Waals surface area contributed by atoms with E-state index in [4.69, 9.17) is 5.73 Å². The van der Waals surface area contributed by atoms with E-state index in [0.29, 0.717) is 18.3 Å². The van der Waals surface area contributed by atoms with E-state index >= 15 is 0 Å². The summed E-state index contributed by atoms with van der Waals surface area (Å²) in [7, 11) is 0. The number of aliphatic imine (C=N–C) groups is 1. The van der Waals surface area contributed by atoms with Crippen molar-refractivity contribution in [1.82, 2.24) is 5.32 Å². The first-order valence-electron chi connectivity index (χ1n) is 6.26. The molecule has 0 aromatic heterocycles. The Morgan fingerprint density at radius 2 is 2.06 bits per heavy atom. The predicted molar refractivity (Wildman–Crippen MR) is 66.3 cm³/mol. The molecule has 0 spiro atoms. The summed E-state index contributed by atoms with van der Waals surface area (Å²) in [5, 5.41) is 2.75. The molecule has 1 saturated carbocycles. The minimum atomic E-state index is -0.359. The van der Waals surface area contributed by atoms with Crippen LogP contribution in [-0.4, -0.2) is 24.3 Å². The fraction of sp³-hybridized carbons (Fsp3) is 0.833. The number of amides is 1. The number of rotatable bonds is 4. The molecule has 0 aromatic carbocycles. The van der Waals surface area contributed by atoms with E-state index < -0.39 is 0 Å². The summed E-state index contributed by atoms with van der Waals surface area (Å²) >= 11 is 0. The Labute approximate surface area is 97.7 Å². The summed E-state index contributed by atoms with van der Waals surface area (Å²) in [6, 6.07) is -0.359. The molecule has 1 amide bonds. The lowest BCUT2D eigenvalue weighted by molar-refractivity contribution is -0.121.